The van der Waals surface area contributed by atoms with Crippen molar-refractivity contribution in [3.8, 4) is 0 Å². The molecule has 2 heterocycles. The van der Waals surface area contributed by atoms with Crippen molar-refractivity contribution < 1.29 is 18.3 Å². The standard InChI is InChI=1S/C18H15N3O3S.C3H6O2/c1-11-3-2-4-13(9-11)25(23,24)21-12-5-6-16-15(10-12)14-7-8-19-17(14)18(22)20-16;1-2-3(4)5/h2-10,19,21H,1H3,(H,20,22);2H2,1H3,(H,4,5). The summed E-state index contributed by atoms with van der Waals surface area (Å²) in [6.45, 7) is 3.44. The van der Waals surface area contributed by atoms with E-state index in [0.717, 1.165) is 16.3 Å². The Kier molecular flexibility index (Phi) is 5.93. The van der Waals surface area contributed by atoms with Gasteiger partial charge in [0, 0.05) is 34.6 Å². The van der Waals surface area contributed by atoms with E-state index >= 15 is 0 Å². The van der Waals surface area contributed by atoms with Gasteiger partial charge >= 0.3 is 5.97 Å². The molecule has 0 spiro atoms. The summed E-state index contributed by atoms with van der Waals surface area (Å²) >= 11 is 0. The maximum absolute atomic E-state index is 12.6. The molecule has 0 aliphatic heterocycles. The van der Waals surface area contributed by atoms with E-state index < -0.39 is 16.0 Å². The highest BCUT2D eigenvalue weighted by molar-refractivity contribution is 7.92. The highest BCUT2D eigenvalue weighted by Gasteiger charge is 2.15. The van der Waals surface area contributed by atoms with Crippen molar-refractivity contribution in [3.63, 3.8) is 0 Å². The first kappa shape index (κ1) is 21.1. The predicted molar refractivity (Wildman–Crippen MR) is 116 cm³/mol. The number of aryl methyl sites for hydroxylation is 1. The van der Waals surface area contributed by atoms with Gasteiger partial charge in [0.05, 0.1) is 4.90 Å². The molecular weight excluding hydrogens is 406 g/mol. The molecule has 0 atom stereocenters. The van der Waals surface area contributed by atoms with Crippen molar-refractivity contribution in [1.29, 1.82) is 0 Å². The third-order valence-electron chi connectivity index (χ3n) is 4.39. The second-order valence-electron chi connectivity index (χ2n) is 6.65. The number of hydrogen-bond acceptors (Lipinski definition) is 4. The Morgan fingerprint density at radius 1 is 1.10 bits per heavy atom. The topological polar surface area (TPSA) is 132 Å². The number of carboxylic acids is 1. The van der Waals surface area contributed by atoms with Gasteiger partial charge in [0.1, 0.15) is 5.52 Å². The van der Waals surface area contributed by atoms with Crippen LogP contribution in [0, 0.1) is 6.92 Å². The lowest BCUT2D eigenvalue weighted by Gasteiger charge is -2.10. The van der Waals surface area contributed by atoms with Gasteiger partial charge in [0.2, 0.25) is 0 Å². The summed E-state index contributed by atoms with van der Waals surface area (Å²) in [6, 6.07) is 13.6. The number of rotatable bonds is 4. The molecule has 0 radical (unpaired) electrons. The van der Waals surface area contributed by atoms with Crippen molar-refractivity contribution in [2.75, 3.05) is 4.72 Å². The van der Waals surface area contributed by atoms with Gasteiger partial charge in [0.15, 0.2) is 0 Å². The molecule has 2 aromatic heterocycles. The molecule has 4 N–H and O–H groups in total. The zero-order valence-corrected chi connectivity index (χ0v) is 17.2. The first-order chi connectivity index (χ1) is 14.2. The third-order valence-corrected chi connectivity index (χ3v) is 5.77. The highest BCUT2D eigenvalue weighted by Crippen LogP contribution is 2.25. The van der Waals surface area contributed by atoms with E-state index in [9.17, 15) is 18.0 Å². The minimum Gasteiger partial charge on any atom is -0.481 e. The van der Waals surface area contributed by atoms with E-state index in [1.54, 1.807) is 55.6 Å². The second kappa shape index (κ2) is 8.42. The number of aromatic amines is 2. The van der Waals surface area contributed by atoms with E-state index in [4.69, 9.17) is 5.11 Å². The lowest BCUT2D eigenvalue weighted by molar-refractivity contribution is -0.136. The Bertz CT molecular complexity index is 1390. The number of aliphatic carboxylic acids is 1. The molecule has 4 rings (SSSR count). The van der Waals surface area contributed by atoms with Gasteiger partial charge in [-0.1, -0.05) is 19.1 Å². The number of aromatic nitrogens is 2. The van der Waals surface area contributed by atoms with Gasteiger partial charge in [-0.15, -0.1) is 0 Å². The highest BCUT2D eigenvalue weighted by atomic mass is 32.2. The summed E-state index contributed by atoms with van der Waals surface area (Å²) in [5, 5.41) is 9.23. The summed E-state index contributed by atoms with van der Waals surface area (Å²) in [5.74, 6) is -0.745. The van der Waals surface area contributed by atoms with Crippen LogP contribution in [-0.2, 0) is 14.8 Å². The van der Waals surface area contributed by atoms with Crippen LogP contribution < -0.4 is 10.3 Å². The number of pyridine rings is 1. The van der Waals surface area contributed by atoms with Gasteiger partial charge in [-0.05, 0) is 48.9 Å². The molecule has 0 unspecified atom stereocenters. The predicted octanol–water partition coefficient (Wildman–Crippen LogP) is 3.60. The third kappa shape index (κ3) is 4.52. The molecule has 4 aromatic rings. The van der Waals surface area contributed by atoms with E-state index in [-0.39, 0.29) is 16.9 Å². The van der Waals surface area contributed by atoms with Crippen LogP contribution in [0.25, 0.3) is 21.8 Å². The van der Waals surface area contributed by atoms with Crippen LogP contribution in [-0.4, -0.2) is 29.5 Å². The largest absolute Gasteiger partial charge is 0.481 e. The molecule has 0 saturated carbocycles. The lowest BCUT2D eigenvalue weighted by atomic mass is 10.1. The zero-order chi connectivity index (χ0) is 21.9. The number of fused-ring (bicyclic) bond motifs is 3. The van der Waals surface area contributed by atoms with Crippen LogP contribution >= 0.6 is 0 Å². The number of carboxylic acid groups (broad SMARTS) is 1. The Labute approximate surface area is 172 Å². The quantitative estimate of drug-likeness (QED) is 0.395. The number of benzene rings is 2. The van der Waals surface area contributed by atoms with Gasteiger partial charge in [-0.25, -0.2) is 8.42 Å². The van der Waals surface area contributed by atoms with Crippen LogP contribution in [0.1, 0.15) is 18.9 Å². The average molecular weight is 427 g/mol. The molecular formula is C21H21N3O5S. The Morgan fingerprint density at radius 2 is 1.83 bits per heavy atom. The number of nitrogens with one attached hydrogen (secondary N) is 3. The minimum atomic E-state index is -3.68. The molecule has 0 aliphatic carbocycles. The fourth-order valence-corrected chi connectivity index (χ4v) is 4.06. The Morgan fingerprint density at radius 3 is 2.50 bits per heavy atom. The van der Waals surface area contributed by atoms with Crippen LogP contribution in [0.4, 0.5) is 5.69 Å². The maximum Gasteiger partial charge on any atom is 0.303 e. The molecule has 0 aliphatic rings. The Hall–Kier alpha value is -3.59. The normalized spacial score (nSPS) is 11.1. The monoisotopic (exact) mass is 427 g/mol. The van der Waals surface area contributed by atoms with Crippen LogP contribution in [0.5, 0.6) is 0 Å². The number of H-pyrrole nitrogens is 2. The molecule has 0 fully saturated rings. The molecule has 156 valence electrons. The first-order valence-corrected chi connectivity index (χ1v) is 10.6. The zero-order valence-electron chi connectivity index (χ0n) is 16.4. The van der Waals surface area contributed by atoms with Crippen LogP contribution in [0.3, 0.4) is 0 Å². The lowest BCUT2D eigenvalue weighted by Crippen LogP contribution is -2.13. The van der Waals surface area contributed by atoms with Crippen molar-refractivity contribution >= 4 is 43.5 Å². The van der Waals surface area contributed by atoms with E-state index in [1.165, 1.54) is 0 Å². The molecule has 0 saturated heterocycles. The van der Waals surface area contributed by atoms with Crippen molar-refractivity contribution in [2.24, 2.45) is 0 Å². The van der Waals surface area contributed by atoms with E-state index in [1.807, 2.05) is 13.0 Å². The smallest absolute Gasteiger partial charge is 0.303 e. The number of hydrogen-bond donors (Lipinski definition) is 4. The maximum atomic E-state index is 12.6. The number of sulfonamides is 1. The van der Waals surface area contributed by atoms with Gasteiger partial charge in [0.25, 0.3) is 15.6 Å². The molecule has 2 aromatic carbocycles. The molecule has 0 bridgehead atoms. The van der Waals surface area contributed by atoms with Crippen LogP contribution in [0.15, 0.2) is 64.4 Å². The van der Waals surface area contributed by atoms with Crippen LogP contribution in [0.2, 0.25) is 0 Å². The molecule has 30 heavy (non-hydrogen) atoms. The molecule has 9 heteroatoms. The average Bonchev–Trinajstić information content (AvgIpc) is 3.20. The fourth-order valence-electron chi connectivity index (χ4n) is 2.90. The number of anilines is 1. The van der Waals surface area contributed by atoms with Gasteiger partial charge in [-0.3, -0.25) is 14.3 Å². The van der Waals surface area contributed by atoms with Crippen molar-refractivity contribution in [1.82, 2.24) is 9.97 Å². The Balaban J connectivity index is 0.000000461. The van der Waals surface area contributed by atoms with Gasteiger partial charge in [-0.2, -0.15) is 0 Å². The number of carbonyl (C=O) groups is 1. The minimum absolute atomic E-state index is 0.208. The first-order valence-electron chi connectivity index (χ1n) is 9.15. The van der Waals surface area contributed by atoms with Crippen molar-refractivity contribution in [3.05, 3.63) is 70.6 Å². The van der Waals surface area contributed by atoms with Gasteiger partial charge < -0.3 is 15.1 Å². The molecule has 8 nitrogen and oxygen atoms in total. The summed E-state index contributed by atoms with van der Waals surface area (Å²) in [7, 11) is -3.68. The summed E-state index contributed by atoms with van der Waals surface area (Å²) in [4.78, 5) is 27.2. The van der Waals surface area contributed by atoms with E-state index in [2.05, 4.69) is 14.7 Å². The summed E-state index contributed by atoms with van der Waals surface area (Å²) in [5.41, 5.74) is 2.21. The summed E-state index contributed by atoms with van der Waals surface area (Å²) < 4.78 is 27.8. The van der Waals surface area contributed by atoms with Crippen molar-refractivity contribution in [2.45, 2.75) is 25.2 Å². The van der Waals surface area contributed by atoms with E-state index in [0.29, 0.717) is 16.7 Å². The molecule has 0 amide bonds. The SMILES string of the molecule is CCC(=O)O.Cc1cccc(S(=O)(=O)Nc2ccc3[nH]c(=O)c4[nH]ccc4c3c2)c1. The second-order valence-corrected chi connectivity index (χ2v) is 8.33. The summed E-state index contributed by atoms with van der Waals surface area (Å²) in [6.07, 6.45) is 1.91. The fraction of sp³-hybridized carbons (Fsp3) is 0.143.